The lowest BCUT2D eigenvalue weighted by Gasteiger charge is -2.14. The molecule has 1 heterocycles. The van der Waals surface area contributed by atoms with Crippen molar-refractivity contribution in [1.82, 2.24) is 0 Å². The summed E-state index contributed by atoms with van der Waals surface area (Å²) in [6.45, 7) is 1.46. The second-order valence-electron chi connectivity index (χ2n) is 3.96. The smallest absolute Gasteiger partial charge is 0.273 e. The van der Waals surface area contributed by atoms with Crippen molar-refractivity contribution in [1.29, 1.82) is 0 Å². The highest BCUT2D eigenvalue weighted by Crippen LogP contribution is 2.33. The van der Waals surface area contributed by atoms with Crippen molar-refractivity contribution in [2.45, 2.75) is 19.3 Å². The minimum atomic E-state index is -2.78. The Hall–Kier alpha value is -1.55. The maximum atomic E-state index is 13.4. The Kier molecular flexibility index (Phi) is 3.57. The van der Waals surface area contributed by atoms with Gasteiger partial charge in [0.15, 0.2) is 6.29 Å². The molecule has 0 aliphatic rings. The van der Waals surface area contributed by atoms with Crippen molar-refractivity contribution in [3.63, 3.8) is 0 Å². The van der Waals surface area contributed by atoms with Gasteiger partial charge in [-0.2, -0.15) is 0 Å². The number of thiophene rings is 1. The summed E-state index contributed by atoms with van der Waals surface area (Å²) in [5, 5.41) is 0. The molecule has 0 unspecified atom stereocenters. The van der Waals surface area contributed by atoms with Gasteiger partial charge in [-0.25, -0.2) is 8.78 Å². The van der Waals surface area contributed by atoms with Crippen molar-refractivity contribution in [3.8, 4) is 10.4 Å². The second-order valence-corrected chi connectivity index (χ2v) is 5.07. The van der Waals surface area contributed by atoms with Crippen LogP contribution in [0.2, 0.25) is 0 Å². The lowest BCUT2D eigenvalue weighted by atomic mass is 10.0. The van der Waals surface area contributed by atoms with Gasteiger partial charge in [-0.1, -0.05) is 31.2 Å². The third kappa shape index (κ3) is 2.48. The van der Waals surface area contributed by atoms with Crippen LogP contribution < -0.4 is 0 Å². The monoisotopic (exact) mass is 266 g/mol. The zero-order chi connectivity index (χ0) is 13.2. The molecule has 0 aliphatic carbocycles. The molecule has 0 fully saturated rings. The molecule has 1 aromatic carbocycles. The first-order valence-electron chi connectivity index (χ1n) is 5.60. The highest BCUT2D eigenvalue weighted by atomic mass is 32.1. The first-order chi connectivity index (χ1) is 8.56. The molecule has 2 aromatic rings. The van der Waals surface area contributed by atoms with E-state index >= 15 is 0 Å². The standard InChI is InChI=1S/C14H12F2OS/c1-2-14(15,16)11-5-3-10(4-6-11)13-8-7-12(9-17)18-13/h3-9H,2H2,1H3. The van der Waals surface area contributed by atoms with Crippen LogP contribution in [-0.2, 0) is 5.92 Å². The van der Waals surface area contributed by atoms with E-state index in [9.17, 15) is 13.6 Å². The van der Waals surface area contributed by atoms with Crippen LogP contribution in [0.25, 0.3) is 10.4 Å². The fourth-order valence-corrected chi connectivity index (χ4v) is 2.48. The summed E-state index contributed by atoms with van der Waals surface area (Å²) in [5.41, 5.74) is 0.879. The van der Waals surface area contributed by atoms with E-state index in [1.54, 1.807) is 18.2 Å². The largest absolute Gasteiger partial charge is 0.297 e. The fraction of sp³-hybridized carbons (Fsp3) is 0.214. The Morgan fingerprint density at radius 2 is 1.83 bits per heavy atom. The Morgan fingerprint density at radius 3 is 2.33 bits per heavy atom. The van der Waals surface area contributed by atoms with E-state index in [2.05, 4.69) is 0 Å². The minimum Gasteiger partial charge on any atom is -0.297 e. The van der Waals surface area contributed by atoms with Gasteiger partial charge in [-0.05, 0) is 17.7 Å². The summed E-state index contributed by atoms with van der Waals surface area (Å²) < 4.78 is 26.9. The van der Waals surface area contributed by atoms with E-state index in [0.717, 1.165) is 16.7 Å². The van der Waals surface area contributed by atoms with E-state index in [-0.39, 0.29) is 12.0 Å². The van der Waals surface area contributed by atoms with Crippen molar-refractivity contribution in [3.05, 3.63) is 46.8 Å². The second kappa shape index (κ2) is 4.98. The number of aldehydes is 1. The minimum absolute atomic E-state index is 0.0286. The molecule has 0 bridgehead atoms. The van der Waals surface area contributed by atoms with Crippen molar-refractivity contribution < 1.29 is 13.6 Å². The third-order valence-electron chi connectivity index (χ3n) is 2.78. The van der Waals surface area contributed by atoms with Crippen LogP contribution in [0.3, 0.4) is 0 Å². The van der Waals surface area contributed by atoms with Gasteiger partial charge in [-0.15, -0.1) is 11.3 Å². The van der Waals surface area contributed by atoms with Crippen LogP contribution in [0.1, 0.15) is 28.6 Å². The molecule has 0 amide bonds. The van der Waals surface area contributed by atoms with Gasteiger partial charge in [0, 0.05) is 16.9 Å². The summed E-state index contributed by atoms with van der Waals surface area (Å²) in [6.07, 6.45) is 0.578. The van der Waals surface area contributed by atoms with Gasteiger partial charge in [0.1, 0.15) is 0 Å². The van der Waals surface area contributed by atoms with Gasteiger partial charge in [0.25, 0.3) is 5.92 Å². The van der Waals surface area contributed by atoms with Crippen LogP contribution in [0.15, 0.2) is 36.4 Å². The topological polar surface area (TPSA) is 17.1 Å². The predicted octanol–water partition coefficient (Wildman–Crippen LogP) is 4.73. The SMILES string of the molecule is CCC(F)(F)c1ccc(-c2ccc(C=O)s2)cc1. The molecular weight excluding hydrogens is 254 g/mol. The molecule has 1 nitrogen and oxygen atoms in total. The van der Waals surface area contributed by atoms with E-state index in [1.807, 2.05) is 6.07 Å². The Bertz CT molecular complexity index is 543. The van der Waals surface area contributed by atoms with E-state index < -0.39 is 5.92 Å². The maximum Gasteiger partial charge on any atom is 0.273 e. The number of hydrogen-bond acceptors (Lipinski definition) is 2. The molecular formula is C14H12F2OS. The molecule has 0 spiro atoms. The van der Waals surface area contributed by atoms with Crippen LogP contribution in [0.4, 0.5) is 8.78 Å². The Morgan fingerprint density at radius 1 is 1.17 bits per heavy atom. The first kappa shape index (κ1) is 12.9. The zero-order valence-electron chi connectivity index (χ0n) is 9.82. The van der Waals surface area contributed by atoms with Gasteiger partial charge in [0.05, 0.1) is 4.88 Å². The molecule has 1 aromatic heterocycles. The van der Waals surface area contributed by atoms with Crippen molar-refractivity contribution in [2.75, 3.05) is 0 Å². The number of hydrogen-bond donors (Lipinski definition) is 0. The summed E-state index contributed by atoms with van der Waals surface area (Å²) in [5.74, 6) is -2.78. The normalized spacial score (nSPS) is 11.5. The van der Waals surface area contributed by atoms with Gasteiger partial charge in [0.2, 0.25) is 0 Å². The highest BCUT2D eigenvalue weighted by molar-refractivity contribution is 7.17. The molecule has 0 saturated carbocycles. The first-order valence-corrected chi connectivity index (χ1v) is 6.42. The predicted molar refractivity (Wildman–Crippen MR) is 69.3 cm³/mol. The number of carbonyl (C=O) groups excluding carboxylic acids is 1. The van der Waals surface area contributed by atoms with E-state index in [1.165, 1.54) is 30.4 Å². The Labute approximate surface area is 108 Å². The molecule has 2 rings (SSSR count). The maximum absolute atomic E-state index is 13.4. The molecule has 94 valence electrons. The lowest BCUT2D eigenvalue weighted by molar-refractivity contribution is -0.00827. The van der Waals surface area contributed by atoms with Crippen LogP contribution in [0, 0.1) is 0 Å². The molecule has 0 aliphatic heterocycles. The Balaban J connectivity index is 2.30. The molecule has 0 saturated heterocycles. The van der Waals surface area contributed by atoms with Crippen LogP contribution in [0.5, 0.6) is 0 Å². The zero-order valence-corrected chi connectivity index (χ0v) is 10.6. The summed E-state index contributed by atoms with van der Waals surface area (Å²) >= 11 is 1.35. The summed E-state index contributed by atoms with van der Waals surface area (Å²) in [7, 11) is 0. The lowest BCUT2D eigenvalue weighted by Crippen LogP contribution is -2.10. The van der Waals surface area contributed by atoms with Crippen LogP contribution in [-0.4, -0.2) is 6.29 Å². The highest BCUT2D eigenvalue weighted by Gasteiger charge is 2.28. The molecule has 0 N–H and O–H groups in total. The summed E-state index contributed by atoms with van der Waals surface area (Å²) in [4.78, 5) is 12.1. The van der Waals surface area contributed by atoms with Crippen LogP contribution >= 0.6 is 11.3 Å². The van der Waals surface area contributed by atoms with Gasteiger partial charge < -0.3 is 0 Å². The molecule has 18 heavy (non-hydrogen) atoms. The number of alkyl halides is 2. The average Bonchev–Trinajstić information content (AvgIpc) is 2.87. The van der Waals surface area contributed by atoms with E-state index in [0.29, 0.717) is 4.88 Å². The fourth-order valence-electron chi connectivity index (χ4n) is 1.65. The van der Waals surface area contributed by atoms with Gasteiger partial charge >= 0.3 is 0 Å². The number of carbonyl (C=O) groups is 1. The van der Waals surface area contributed by atoms with E-state index in [4.69, 9.17) is 0 Å². The quantitative estimate of drug-likeness (QED) is 0.731. The molecule has 0 radical (unpaired) electrons. The number of benzene rings is 1. The van der Waals surface area contributed by atoms with Crippen molar-refractivity contribution >= 4 is 17.6 Å². The van der Waals surface area contributed by atoms with Gasteiger partial charge in [-0.3, -0.25) is 4.79 Å². The molecule has 4 heteroatoms. The number of rotatable bonds is 4. The van der Waals surface area contributed by atoms with Crippen molar-refractivity contribution in [2.24, 2.45) is 0 Å². The average molecular weight is 266 g/mol. The summed E-state index contributed by atoms with van der Waals surface area (Å²) in [6, 6.07) is 9.76. The number of halogens is 2. The third-order valence-corrected chi connectivity index (χ3v) is 3.84. The molecule has 0 atom stereocenters.